The molecule has 1 fully saturated rings. The van der Waals surface area contributed by atoms with Crippen LogP contribution in [0.4, 0.5) is 0 Å². The highest BCUT2D eigenvalue weighted by atomic mass is 16.3. The number of para-hydroxylation sites is 1. The summed E-state index contributed by atoms with van der Waals surface area (Å²) in [6, 6.07) is 25.1. The van der Waals surface area contributed by atoms with Crippen molar-refractivity contribution in [3.8, 4) is 23.0 Å². The molecule has 6 rings (SSSR count). The third-order valence-electron chi connectivity index (χ3n) is 8.59. The molecular formula is C38H44O4. The van der Waals surface area contributed by atoms with Gasteiger partial charge in [0.05, 0.1) is 0 Å². The molecule has 4 aromatic rings. The second-order valence-corrected chi connectivity index (χ2v) is 11.7. The Morgan fingerprint density at radius 2 is 0.952 bits per heavy atom. The molecule has 0 heterocycles. The van der Waals surface area contributed by atoms with Gasteiger partial charge in [-0.25, -0.2) is 0 Å². The molecule has 0 radical (unpaired) electrons. The Balaban J connectivity index is 0.000000163. The summed E-state index contributed by atoms with van der Waals surface area (Å²) in [5.74, 6) is 3.23. The molecule has 4 nitrogen and oxygen atoms in total. The third-order valence-corrected chi connectivity index (χ3v) is 8.59. The second-order valence-electron chi connectivity index (χ2n) is 11.7. The van der Waals surface area contributed by atoms with Gasteiger partial charge in [0.2, 0.25) is 0 Å². The van der Waals surface area contributed by atoms with Crippen LogP contribution in [0.15, 0.2) is 91.0 Å². The van der Waals surface area contributed by atoms with Crippen LogP contribution in [-0.2, 0) is 0 Å². The highest BCUT2D eigenvalue weighted by molar-refractivity contribution is 5.40. The van der Waals surface area contributed by atoms with E-state index < -0.39 is 0 Å². The molecule has 1 saturated carbocycles. The van der Waals surface area contributed by atoms with Crippen LogP contribution in [0, 0.1) is 27.7 Å². The summed E-state index contributed by atoms with van der Waals surface area (Å²) in [5, 5.41) is 37.6. The van der Waals surface area contributed by atoms with E-state index in [2.05, 4.69) is 42.5 Å². The fourth-order valence-corrected chi connectivity index (χ4v) is 5.84. The maximum absolute atomic E-state index is 9.65. The molecule has 0 bridgehead atoms. The summed E-state index contributed by atoms with van der Waals surface area (Å²) in [4.78, 5) is 0. The first-order valence-electron chi connectivity index (χ1n) is 14.9. The topological polar surface area (TPSA) is 80.9 Å². The summed E-state index contributed by atoms with van der Waals surface area (Å²) in [6.45, 7) is 7.72. The lowest BCUT2D eigenvalue weighted by molar-refractivity contribution is 0.470. The van der Waals surface area contributed by atoms with Crippen molar-refractivity contribution < 1.29 is 20.4 Å². The van der Waals surface area contributed by atoms with Gasteiger partial charge in [-0.15, -0.1) is 0 Å². The lowest BCUT2D eigenvalue weighted by Crippen LogP contribution is -1.96. The van der Waals surface area contributed by atoms with Crippen LogP contribution in [0.2, 0.25) is 0 Å². The van der Waals surface area contributed by atoms with Gasteiger partial charge < -0.3 is 20.4 Å². The molecule has 42 heavy (non-hydrogen) atoms. The van der Waals surface area contributed by atoms with E-state index in [-0.39, 0.29) is 0 Å². The summed E-state index contributed by atoms with van der Waals surface area (Å²) >= 11 is 0. The van der Waals surface area contributed by atoms with Crippen molar-refractivity contribution in [2.45, 2.75) is 77.6 Å². The first-order chi connectivity index (χ1) is 20.1. The molecular weight excluding hydrogens is 520 g/mol. The normalized spacial score (nSPS) is 19.0. The van der Waals surface area contributed by atoms with E-state index in [1.165, 1.54) is 42.4 Å². The molecule has 2 aliphatic carbocycles. The Kier molecular flexibility index (Phi) is 10.4. The molecule has 0 spiro atoms. The van der Waals surface area contributed by atoms with Gasteiger partial charge in [0.1, 0.15) is 23.0 Å². The van der Waals surface area contributed by atoms with Crippen molar-refractivity contribution in [2.75, 3.05) is 0 Å². The van der Waals surface area contributed by atoms with Gasteiger partial charge in [-0.3, -0.25) is 0 Å². The molecule has 2 aliphatic rings. The minimum Gasteiger partial charge on any atom is -0.508 e. The van der Waals surface area contributed by atoms with Gasteiger partial charge in [0, 0.05) is 5.92 Å². The maximum atomic E-state index is 9.65. The molecule has 4 N–H and O–H groups in total. The lowest BCUT2D eigenvalue weighted by atomic mass is 9.91. The fourth-order valence-electron chi connectivity index (χ4n) is 5.84. The number of aryl methyl sites for hydroxylation is 4. The first kappa shape index (κ1) is 30.8. The van der Waals surface area contributed by atoms with Crippen molar-refractivity contribution in [3.05, 3.63) is 130 Å². The molecule has 0 aromatic heterocycles. The first-order valence-corrected chi connectivity index (χ1v) is 14.9. The number of aromatic hydroxyl groups is 4. The monoisotopic (exact) mass is 564 g/mol. The smallest absolute Gasteiger partial charge is 0.118 e. The Morgan fingerprint density at radius 3 is 1.36 bits per heavy atom. The minimum absolute atomic E-state index is 0.368. The molecule has 0 aliphatic heterocycles. The van der Waals surface area contributed by atoms with Crippen molar-refractivity contribution in [3.63, 3.8) is 0 Å². The van der Waals surface area contributed by atoms with E-state index in [0.29, 0.717) is 40.8 Å². The summed E-state index contributed by atoms with van der Waals surface area (Å²) in [7, 11) is 0. The number of hydrogen-bond acceptors (Lipinski definition) is 4. The van der Waals surface area contributed by atoms with E-state index in [1.54, 1.807) is 12.1 Å². The average Bonchev–Trinajstić information content (AvgIpc) is 3.69. The van der Waals surface area contributed by atoms with Crippen LogP contribution in [0.5, 0.6) is 23.0 Å². The number of benzene rings is 4. The quantitative estimate of drug-likeness (QED) is 0.187. The highest BCUT2D eigenvalue weighted by Crippen LogP contribution is 2.44. The third kappa shape index (κ3) is 7.97. The van der Waals surface area contributed by atoms with Crippen LogP contribution < -0.4 is 0 Å². The number of phenolic OH excluding ortho intramolecular Hbond substituents is 4. The molecule has 4 heteroatoms. The van der Waals surface area contributed by atoms with Crippen LogP contribution in [0.3, 0.4) is 0 Å². The van der Waals surface area contributed by atoms with E-state index in [0.717, 1.165) is 28.7 Å². The molecule has 3 atom stereocenters. The molecule has 3 unspecified atom stereocenters. The second kappa shape index (κ2) is 14.1. The minimum atomic E-state index is 0.368. The summed E-state index contributed by atoms with van der Waals surface area (Å²) in [6.07, 6.45) is 10.4. The van der Waals surface area contributed by atoms with Gasteiger partial charge in [-0.05, 0) is 135 Å². The van der Waals surface area contributed by atoms with E-state index in [9.17, 15) is 15.3 Å². The number of rotatable bonds is 3. The zero-order valence-electron chi connectivity index (χ0n) is 25.2. The van der Waals surface area contributed by atoms with Gasteiger partial charge >= 0.3 is 0 Å². The largest absolute Gasteiger partial charge is 0.508 e. The van der Waals surface area contributed by atoms with Crippen molar-refractivity contribution in [2.24, 2.45) is 0 Å². The van der Waals surface area contributed by atoms with Crippen LogP contribution >= 0.6 is 0 Å². The fraction of sp³-hybridized carbons (Fsp3) is 0.316. The van der Waals surface area contributed by atoms with E-state index >= 15 is 0 Å². The number of hydrogen-bond donors (Lipinski definition) is 4. The Hall–Kier alpha value is -4.18. The van der Waals surface area contributed by atoms with Gasteiger partial charge in [-0.2, -0.15) is 0 Å². The Labute approximate surface area is 250 Å². The average molecular weight is 565 g/mol. The van der Waals surface area contributed by atoms with Crippen molar-refractivity contribution in [1.29, 1.82) is 0 Å². The number of phenols is 4. The van der Waals surface area contributed by atoms with Crippen molar-refractivity contribution >= 4 is 0 Å². The van der Waals surface area contributed by atoms with Crippen LogP contribution in [-0.4, -0.2) is 20.4 Å². The van der Waals surface area contributed by atoms with Crippen molar-refractivity contribution in [1.82, 2.24) is 0 Å². The van der Waals surface area contributed by atoms with E-state index in [1.807, 2.05) is 64.1 Å². The Bertz CT molecular complexity index is 1440. The molecule has 4 aromatic carbocycles. The highest BCUT2D eigenvalue weighted by Gasteiger charge is 2.27. The van der Waals surface area contributed by atoms with Gasteiger partial charge in [-0.1, -0.05) is 66.7 Å². The summed E-state index contributed by atoms with van der Waals surface area (Å²) < 4.78 is 0. The Morgan fingerprint density at radius 1 is 0.500 bits per heavy atom. The molecule has 220 valence electrons. The van der Waals surface area contributed by atoms with Gasteiger partial charge in [0.15, 0.2) is 0 Å². The molecule has 0 saturated heterocycles. The van der Waals surface area contributed by atoms with Crippen LogP contribution in [0.25, 0.3) is 0 Å². The predicted octanol–water partition coefficient (Wildman–Crippen LogP) is 9.60. The summed E-state index contributed by atoms with van der Waals surface area (Å²) in [5.41, 5.74) is 7.80. The maximum Gasteiger partial charge on any atom is 0.118 e. The van der Waals surface area contributed by atoms with Crippen LogP contribution in [0.1, 0.15) is 88.8 Å². The standard InChI is InChI=1S/C19H22O2.C12H14O.C7H8O/c1-12-9-14(5-7-18(12)20)16-3-4-17(11-16)15-6-8-19(21)13(2)10-15;1-9-8-11(6-7-12(9)13)10-4-2-3-5-10;1-6-4-2-3-5-7(6)8/h5-10,16-17,20-21H,3-4,11H2,1-2H3;2,4,6-8,10,13H,3,5H2,1H3;2-5,8H,1H3. The zero-order chi connectivity index (χ0) is 30.2. The van der Waals surface area contributed by atoms with E-state index in [4.69, 9.17) is 5.11 Å². The predicted molar refractivity (Wildman–Crippen MR) is 172 cm³/mol. The zero-order valence-corrected chi connectivity index (χ0v) is 25.2. The molecule has 0 amide bonds. The number of allylic oxidation sites excluding steroid dienone is 2. The lowest BCUT2D eigenvalue weighted by Gasteiger charge is -2.14. The van der Waals surface area contributed by atoms with Gasteiger partial charge in [0.25, 0.3) is 0 Å². The SMILES string of the molecule is Cc1cc(C2C=CCC2)ccc1O.Cc1cc(C2CCC(c3ccc(O)c(C)c3)C2)ccc1O.Cc1ccccc1O.